The van der Waals surface area contributed by atoms with Gasteiger partial charge in [-0.25, -0.2) is 14.4 Å². The number of nitrogens with one attached hydrogen (secondary N) is 6. The molecule has 4 aliphatic rings. The number of carbonyl (C=O) groups excluding carboxylic acids is 8. The minimum Gasteiger partial charge on any atom is -0.495 e. The first kappa shape index (κ1) is 63.0. The van der Waals surface area contributed by atoms with Crippen LogP contribution in [0, 0.1) is 18.8 Å². The Morgan fingerprint density at radius 2 is 1.70 bits per heavy atom. The van der Waals surface area contributed by atoms with Gasteiger partial charge in [0.15, 0.2) is 5.72 Å². The molecule has 0 aromatic heterocycles. The molecule has 4 heterocycles. The molecule has 442 valence electrons. The lowest BCUT2D eigenvalue weighted by molar-refractivity contribution is -0.142. The summed E-state index contributed by atoms with van der Waals surface area (Å²) in [4.78, 5) is 106. The second-order valence-electron chi connectivity index (χ2n) is 21.6. The van der Waals surface area contributed by atoms with Gasteiger partial charge in [0.25, 0.3) is 11.8 Å². The van der Waals surface area contributed by atoms with Crippen molar-refractivity contribution in [3.63, 3.8) is 0 Å². The molecule has 4 aliphatic heterocycles. The fourth-order valence-corrected chi connectivity index (χ4v) is 10.7. The summed E-state index contributed by atoms with van der Waals surface area (Å²) < 4.78 is 29.8. The van der Waals surface area contributed by atoms with E-state index in [1.165, 1.54) is 19.3 Å². The maximum atomic E-state index is 14.1. The standard InChI is InChI=1S/C57H78ClN9O14/c1-32(2)49(64-45(68)18-11-10-12-25-67-46(69)21-22-47(67)70)52(72)62-39(16-14-24-60-53(59)73)51(71)61-37-19-20-38(34(4)28-37)63-54(74)80-43-23-26-66(7)40-29-36(30-41(77-8)48(40)58)27-33(3)15-13-17-44(78-9)57(76)31-42(79-55(75)65-57)35(5)50-56(43,6)81-50/h13,15,17,19-22,28-30,32,35,39,42-44,49-50,76H,10-12,14,16,18,23-27,31H2,1-9H3,(H,61,71)(H,62,72)(H,63,74)(H,64,68)(H,65,75)(H3,59,60,73)/b17-13+,33-15+/t35-,39+,42+,43+,44-,49+,50+,56+,57+/m1/s1. The highest BCUT2D eigenvalue weighted by atomic mass is 35.5. The van der Waals surface area contributed by atoms with Crippen molar-refractivity contribution in [2.75, 3.05) is 56.4 Å². The quantitative estimate of drug-likeness (QED) is 0.0451. The minimum atomic E-state index is -1.84. The molecule has 2 fully saturated rings. The van der Waals surface area contributed by atoms with Crippen LogP contribution in [-0.2, 0) is 49.3 Å². The third kappa shape index (κ3) is 16.7. The fourth-order valence-electron chi connectivity index (χ4n) is 10.3. The first-order valence-corrected chi connectivity index (χ1v) is 27.6. The van der Waals surface area contributed by atoms with E-state index in [4.69, 9.17) is 41.0 Å². The third-order valence-electron chi connectivity index (χ3n) is 15.0. The molecule has 9 amide bonds. The fraction of sp³-hybridized carbons (Fsp3) is 0.544. The van der Waals surface area contributed by atoms with Crippen LogP contribution in [0.1, 0.15) is 97.1 Å². The second-order valence-corrected chi connectivity index (χ2v) is 22.0. The highest BCUT2D eigenvalue weighted by molar-refractivity contribution is 6.34. The van der Waals surface area contributed by atoms with E-state index in [-0.39, 0.29) is 68.8 Å². The molecule has 0 saturated carbocycles. The Hall–Kier alpha value is -7.21. The number of nitrogens with two attached hydrogens (primary N) is 1. The van der Waals surface area contributed by atoms with Gasteiger partial charge in [-0.15, -0.1) is 0 Å². The molecule has 4 bridgehead atoms. The first-order chi connectivity index (χ1) is 38.4. The van der Waals surface area contributed by atoms with Crippen LogP contribution in [-0.4, -0.2) is 146 Å². The molecule has 81 heavy (non-hydrogen) atoms. The molecule has 2 aromatic carbocycles. The zero-order valence-electron chi connectivity index (χ0n) is 47.5. The number of fused-ring (bicyclic) bond motifs is 5. The van der Waals surface area contributed by atoms with Crippen molar-refractivity contribution in [1.82, 2.24) is 26.2 Å². The lowest BCUT2D eigenvalue weighted by atomic mass is 9.83. The topological polar surface area (TPSA) is 311 Å². The zero-order chi connectivity index (χ0) is 59.3. The number of allylic oxidation sites excluding steroid dienone is 3. The van der Waals surface area contributed by atoms with Gasteiger partial charge in [-0.3, -0.25) is 39.5 Å². The van der Waals surface area contributed by atoms with E-state index in [0.29, 0.717) is 65.6 Å². The summed E-state index contributed by atoms with van der Waals surface area (Å²) in [6.45, 7) is 11.5. The number of carbonyl (C=O) groups is 8. The smallest absolute Gasteiger partial charge is 0.412 e. The van der Waals surface area contributed by atoms with Crippen LogP contribution < -0.4 is 47.3 Å². The summed E-state index contributed by atoms with van der Waals surface area (Å²) >= 11 is 6.92. The number of nitrogens with zero attached hydrogens (tertiary/aromatic N) is 2. The molecule has 2 saturated heterocycles. The summed E-state index contributed by atoms with van der Waals surface area (Å²) in [5, 5.41) is 28.5. The average Bonchev–Trinajstić information content (AvgIpc) is 4.02. The number of rotatable bonds is 20. The highest BCUT2D eigenvalue weighted by Gasteiger charge is 2.64. The Bertz CT molecular complexity index is 2760. The summed E-state index contributed by atoms with van der Waals surface area (Å²) in [7, 11) is 4.85. The maximum absolute atomic E-state index is 14.1. The molecule has 9 atom stereocenters. The number of alkyl carbamates (subject to hydrolysis) is 1. The van der Waals surface area contributed by atoms with Gasteiger partial charge in [-0.2, -0.15) is 0 Å². The van der Waals surface area contributed by atoms with E-state index in [0.717, 1.165) is 16.0 Å². The largest absolute Gasteiger partial charge is 0.495 e. The number of hydrogen-bond donors (Lipinski definition) is 8. The molecular weight excluding hydrogens is 1070 g/mol. The molecule has 0 unspecified atom stereocenters. The number of hydrogen-bond acceptors (Lipinski definition) is 15. The number of aliphatic hydroxyl groups is 1. The number of anilines is 3. The summed E-state index contributed by atoms with van der Waals surface area (Å²) in [6, 6.07) is 5.73. The molecule has 6 rings (SSSR count). The summed E-state index contributed by atoms with van der Waals surface area (Å²) in [5.41, 5.74) is 6.11. The van der Waals surface area contributed by atoms with Crippen LogP contribution in [0.15, 0.2) is 66.3 Å². The molecule has 0 radical (unpaired) electrons. The van der Waals surface area contributed by atoms with Crippen LogP contribution in [0.4, 0.5) is 31.4 Å². The molecule has 2 aromatic rings. The number of halogens is 1. The first-order valence-electron chi connectivity index (χ1n) is 27.2. The van der Waals surface area contributed by atoms with E-state index in [1.54, 1.807) is 58.2 Å². The Labute approximate surface area is 477 Å². The number of aryl methyl sites for hydroxylation is 1. The van der Waals surface area contributed by atoms with Crippen molar-refractivity contribution < 1.29 is 67.1 Å². The van der Waals surface area contributed by atoms with Gasteiger partial charge in [0.1, 0.15) is 46.8 Å². The Morgan fingerprint density at radius 3 is 2.37 bits per heavy atom. The number of benzene rings is 2. The van der Waals surface area contributed by atoms with Crippen molar-refractivity contribution in [1.29, 1.82) is 0 Å². The van der Waals surface area contributed by atoms with Gasteiger partial charge < -0.3 is 60.7 Å². The van der Waals surface area contributed by atoms with Crippen molar-refractivity contribution in [2.24, 2.45) is 17.6 Å². The van der Waals surface area contributed by atoms with Crippen LogP contribution in [0.3, 0.4) is 0 Å². The minimum absolute atomic E-state index is 0.0452. The van der Waals surface area contributed by atoms with Gasteiger partial charge in [0.05, 0.1) is 18.9 Å². The van der Waals surface area contributed by atoms with E-state index < -0.39 is 83.8 Å². The predicted octanol–water partition coefficient (Wildman–Crippen LogP) is 5.65. The monoisotopic (exact) mass is 1150 g/mol. The van der Waals surface area contributed by atoms with Gasteiger partial charge in [0.2, 0.25) is 17.7 Å². The number of amides is 9. The number of imide groups is 1. The SMILES string of the molecule is COc1cc2cc(c1Cl)N(C)CC[C@H](OC(=O)Nc1ccc(NC(=O)[C@H](CCCNC(N)=O)NC(=O)[C@@H](NC(=O)CCCCCN3C(=O)C=CC3=O)C(C)C)cc1C)[C@]1(C)O[C@H]1[C@H](C)[C@@H]1C[C@@](O)(NC(=O)O1)[C@H](OC)/C=C/C=C(\C)C2. The number of ether oxygens (including phenoxy) is 5. The lowest BCUT2D eigenvalue weighted by Gasteiger charge is -2.42. The molecule has 0 aliphatic carbocycles. The maximum Gasteiger partial charge on any atom is 0.412 e. The Kier molecular flexibility index (Phi) is 21.8. The number of primary amides is 1. The van der Waals surface area contributed by atoms with Crippen LogP contribution in [0.5, 0.6) is 5.75 Å². The second kappa shape index (κ2) is 28.0. The zero-order valence-corrected chi connectivity index (χ0v) is 48.2. The number of methoxy groups -OCH3 is 2. The molecule has 23 nitrogen and oxygen atoms in total. The van der Waals surface area contributed by atoms with E-state index in [1.807, 2.05) is 50.9 Å². The molecule has 24 heteroatoms. The van der Waals surface area contributed by atoms with E-state index in [9.17, 15) is 43.5 Å². The highest BCUT2D eigenvalue weighted by Crippen LogP contribution is 2.49. The van der Waals surface area contributed by atoms with Crippen molar-refractivity contribution in [2.45, 2.75) is 147 Å². The molecular formula is C57H78ClN9O14. The third-order valence-corrected chi connectivity index (χ3v) is 15.4. The van der Waals surface area contributed by atoms with Gasteiger partial charge >= 0.3 is 18.2 Å². The van der Waals surface area contributed by atoms with Crippen molar-refractivity contribution in [3.8, 4) is 5.75 Å². The molecule has 0 spiro atoms. The average molecular weight is 1150 g/mol. The lowest BCUT2D eigenvalue weighted by Crippen LogP contribution is -2.63. The number of urea groups is 1. The van der Waals surface area contributed by atoms with Crippen molar-refractivity contribution in [3.05, 3.63) is 82.4 Å². The Morgan fingerprint density at radius 1 is 0.975 bits per heavy atom. The number of unbranched alkanes of at least 4 members (excludes halogenated alkanes) is 2. The summed E-state index contributed by atoms with van der Waals surface area (Å²) in [6.07, 6.45) is 5.52. The Balaban J connectivity index is 1.15. The summed E-state index contributed by atoms with van der Waals surface area (Å²) in [5.74, 6) is -2.71. The van der Waals surface area contributed by atoms with Crippen LogP contribution in [0.25, 0.3) is 0 Å². The van der Waals surface area contributed by atoms with Gasteiger partial charge in [-0.1, -0.05) is 62.6 Å². The van der Waals surface area contributed by atoms with Gasteiger partial charge in [-0.05, 0) is 100 Å². The predicted molar refractivity (Wildman–Crippen MR) is 302 cm³/mol. The van der Waals surface area contributed by atoms with E-state index >= 15 is 0 Å². The van der Waals surface area contributed by atoms with Crippen LogP contribution >= 0.6 is 11.6 Å². The normalized spacial score (nSPS) is 25.5. The van der Waals surface area contributed by atoms with E-state index in [2.05, 4.69) is 31.9 Å². The van der Waals surface area contributed by atoms with Gasteiger partial charge in [0, 0.05) is 82.5 Å². The van der Waals surface area contributed by atoms with Crippen molar-refractivity contribution >= 4 is 76.4 Å². The van der Waals surface area contributed by atoms with Crippen LogP contribution in [0.2, 0.25) is 5.02 Å². The number of epoxide rings is 1. The molecule has 9 N–H and O–H groups in total.